The van der Waals surface area contributed by atoms with E-state index in [4.69, 9.17) is 11.6 Å². The first kappa shape index (κ1) is 9.66. The van der Waals surface area contributed by atoms with Gasteiger partial charge < -0.3 is 10.6 Å². The van der Waals surface area contributed by atoms with E-state index < -0.39 is 0 Å². The topological polar surface area (TPSA) is 24.1 Å². The van der Waals surface area contributed by atoms with Crippen molar-refractivity contribution < 1.29 is 0 Å². The smallest absolute Gasteiger partial charge is 0.0625 e. The minimum absolute atomic E-state index is 0.0858. The summed E-state index contributed by atoms with van der Waals surface area (Å²) in [6, 6.07) is 3.95. The van der Waals surface area contributed by atoms with Gasteiger partial charge in [-0.05, 0) is 38.5 Å². The first-order chi connectivity index (χ1) is 6.49. The van der Waals surface area contributed by atoms with Gasteiger partial charge in [-0.15, -0.1) is 0 Å². The van der Waals surface area contributed by atoms with Gasteiger partial charge in [0.25, 0.3) is 0 Å². The second-order valence-corrected chi connectivity index (χ2v) is 4.86. The zero-order valence-corrected chi connectivity index (χ0v) is 9.50. The van der Waals surface area contributed by atoms with Crippen molar-refractivity contribution in [2.24, 2.45) is 0 Å². The Morgan fingerprint density at radius 1 is 1.36 bits per heavy atom. The first-order valence-corrected chi connectivity index (χ1v) is 5.18. The van der Waals surface area contributed by atoms with Crippen LogP contribution in [0.3, 0.4) is 0 Å². The Labute approximate surface area is 89.7 Å². The van der Waals surface area contributed by atoms with E-state index in [0.717, 1.165) is 28.5 Å². The van der Waals surface area contributed by atoms with Crippen molar-refractivity contribution in [1.82, 2.24) is 0 Å². The van der Waals surface area contributed by atoms with Crippen molar-refractivity contribution in [2.45, 2.75) is 26.3 Å². The molecule has 1 aromatic rings. The molecule has 0 atom stereocenters. The van der Waals surface area contributed by atoms with Gasteiger partial charge in [-0.25, -0.2) is 0 Å². The standard InChI is InChI=1S/C11H15ClN2/c1-7-8(12)4-5-9-10(7)14-11(2,3)6-13-9/h4-5,13-14H,6H2,1-3H3. The quantitative estimate of drug-likeness (QED) is 0.687. The van der Waals surface area contributed by atoms with Crippen LogP contribution in [0.4, 0.5) is 11.4 Å². The van der Waals surface area contributed by atoms with Crippen molar-refractivity contribution in [3.05, 3.63) is 22.7 Å². The average Bonchev–Trinajstić information content (AvgIpc) is 2.11. The lowest BCUT2D eigenvalue weighted by atomic mass is 9.99. The Morgan fingerprint density at radius 3 is 2.79 bits per heavy atom. The molecule has 76 valence electrons. The van der Waals surface area contributed by atoms with E-state index >= 15 is 0 Å². The third kappa shape index (κ3) is 1.55. The van der Waals surface area contributed by atoms with Crippen LogP contribution in [-0.2, 0) is 0 Å². The minimum Gasteiger partial charge on any atom is -0.381 e. The van der Waals surface area contributed by atoms with Crippen LogP contribution in [0.2, 0.25) is 5.02 Å². The number of anilines is 2. The van der Waals surface area contributed by atoms with E-state index in [1.807, 2.05) is 19.1 Å². The lowest BCUT2D eigenvalue weighted by Crippen LogP contribution is -2.42. The summed E-state index contributed by atoms with van der Waals surface area (Å²) >= 11 is 6.07. The lowest BCUT2D eigenvalue weighted by Gasteiger charge is -2.35. The van der Waals surface area contributed by atoms with Gasteiger partial charge in [0, 0.05) is 17.1 Å². The summed E-state index contributed by atoms with van der Waals surface area (Å²) in [5.41, 5.74) is 3.48. The highest BCUT2D eigenvalue weighted by Gasteiger charge is 2.25. The molecule has 1 aromatic carbocycles. The van der Waals surface area contributed by atoms with Gasteiger partial charge in [0.1, 0.15) is 0 Å². The van der Waals surface area contributed by atoms with Gasteiger partial charge in [-0.3, -0.25) is 0 Å². The molecule has 1 heterocycles. The third-order valence-electron chi connectivity index (χ3n) is 2.58. The van der Waals surface area contributed by atoms with Gasteiger partial charge in [0.15, 0.2) is 0 Å². The fourth-order valence-corrected chi connectivity index (χ4v) is 1.85. The van der Waals surface area contributed by atoms with Crippen LogP contribution in [-0.4, -0.2) is 12.1 Å². The Kier molecular flexibility index (Phi) is 2.11. The van der Waals surface area contributed by atoms with Gasteiger partial charge in [0.05, 0.1) is 11.4 Å². The molecule has 2 N–H and O–H groups in total. The fourth-order valence-electron chi connectivity index (χ4n) is 1.69. The maximum atomic E-state index is 6.07. The van der Waals surface area contributed by atoms with E-state index in [0.29, 0.717) is 0 Å². The number of hydrogen-bond donors (Lipinski definition) is 2. The molecule has 0 fully saturated rings. The second-order valence-electron chi connectivity index (χ2n) is 4.46. The molecule has 1 aliphatic heterocycles. The van der Waals surface area contributed by atoms with Crippen LogP contribution in [0.25, 0.3) is 0 Å². The zero-order valence-electron chi connectivity index (χ0n) is 8.74. The summed E-state index contributed by atoms with van der Waals surface area (Å²) in [5.74, 6) is 0. The predicted octanol–water partition coefficient (Wildman–Crippen LogP) is 3.26. The first-order valence-electron chi connectivity index (χ1n) is 4.81. The summed E-state index contributed by atoms with van der Waals surface area (Å²) in [4.78, 5) is 0. The molecule has 0 saturated heterocycles. The van der Waals surface area contributed by atoms with Gasteiger partial charge in [-0.1, -0.05) is 11.6 Å². The molecule has 14 heavy (non-hydrogen) atoms. The molecule has 2 rings (SSSR count). The molecule has 1 aliphatic rings. The number of rotatable bonds is 0. The summed E-state index contributed by atoms with van der Waals surface area (Å²) in [6.07, 6.45) is 0. The predicted molar refractivity (Wildman–Crippen MR) is 62.4 cm³/mol. The van der Waals surface area contributed by atoms with Gasteiger partial charge in [-0.2, -0.15) is 0 Å². The van der Waals surface area contributed by atoms with Crippen molar-refractivity contribution >= 4 is 23.0 Å². The second kappa shape index (κ2) is 3.06. The van der Waals surface area contributed by atoms with Crippen LogP contribution < -0.4 is 10.6 Å². The van der Waals surface area contributed by atoms with Crippen LogP contribution in [0.15, 0.2) is 12.1 Å². The number of benzene rings is 1. The number of hydrogen-bond acceptors (Lipinski definition) is 2. The molecule has 0 aliphatic carbocycles. The van der Waals surface area contributed by atoms with Crippen LogP contribution >= 0.6 is 11.6 Å². The molecular formula is C11H15ClN2. The molecule has 0 radical (unpaired) electrons. The Bertz CT molecular complexity index is 372. The molecule has 0 saturated carbocycles. The van der Waals surface area contributed by atoms with E-state index in [9.17, 15) is 0 Å². The molecule has 0 bridgehead atoms. The van der Waals surface area contributed by atoms with Gasteiger partial charge >= 0.3 is 0 Å². The highest BCUT2D eigenvalue weighted by Crippen LogP contribution is 2.36. The molecule has 0 amide bonds. The summed E-state index contributed by atoms with van der Waals surface area (Å²) in [6.45, 7) is 7.31. The van der Waals surface area contributed by atoms with Crippen LogP contribution in [0, 0.1) is 6.92 Å². The molecule has 3 heteroatoms. The van der Waals surface area contributed by atoms with Crippen molar-refractivity contribution in [3.8, 4) is 0 Å². The molecular weight excluding hydrogens is 196 g/mol. The number of nitrogens with one attached hydrogen (secondary N) is 2. The average molecular weight is 211 g/mol. The molecule has 2 nitrogen and oxygen atoms in total. The third-order valence-corrected chi connectivity index (χ3v) is 2.99. The highest BCUT2D eigenvalue weighted by molar-refractivity contribution is 6.32. The zero-order chi connectivity index (χ0) is 10.3. The maximum Gasteiger partial charge on any atom is 0.0625 e. The largest absolute Gasteiger partial charge is 0.381 e. The molecule has 0 unspecified atom stereocenters. The summed E-state index contributed by atoms with van der Waals surface area (Å²) in [5, 5.41) is 7.71. The Morgan fingerprint density at radius 2 is 2.07 bits per heavy atom. The monoisotopic (exact) mass is 210 g/mol. The lowest BCUT2D eigenvalue weighted by molar-refractivity contribution is 0.588. The Hall–Kier alpha value is -0.890. The van der Waals surface area contributed by atoms with Crippen molar-refractivity contribution in [3.63, 3.8) is 0 Å². The number of halogens is 1. The highest BCUT2D eigenvalue weighted by atomic mass is 35.5. The summed E-state index contributed by atoms with van der Waals surface area (Å²) in [7, 11) is 0. The van der Waals surface area contributed by atoms with E-state index in [1.165, 1.54) is 0 Å². The summed E-state index contributed by atoms with van der Waals surface area (Å²) < 4.78 is 0. The van der Waals surface area contributed by atoms with Crippen LogP contribution in [0.5, 0.6) is 0 Å². The molecule has 0 aromatic heterocycles. The van der Waals surface area contributed by atoms with E-state index in [1.54, 1.807) is 0 Å². The fraction of sp³-hybridized carbons (Fsp3) is 0.455. The van der Waals surface area contributed by atoms with Crippen molar-refractivity contribution in [2.75, 3.05) is 17.2 Å². The van der Waals surface area contributed by atoms with E-state index in [-0.39, 0.29) is 5.54 Å². The molecule has 0 spiro atoms. The minimum atomic E-state index is 0.0858. The maximum absolute atomic E-state index is 6.07. The Balaban J connectivity index is 2.49. The van der Waals surface area contributed by atoms with Crippen molar-refractivity contribution in [1.29, 1.82) is 0 Å². The number of fused-ring (bicyclic) bond motifs is 1. The van der Waals surface area contributed by atoms with Crippen LogP contribution in [0.1, 0.15) is 19.4 Å². The van der Waals surface area contributed by atoms with Gasteiger partial charge in [0.2, 0.25) is 0 Å². The van der Waals surface area contributed by atoms with E-state index in [2.05, 4.69) is 24.5 Å². The normalized spacial score (nSPS) is 18.0. The SMILES string of the molecule is Cc1c(Cl)ccc2c1NC(C)(C)CN2.